The molecule has 0 aliphatic rings. The van der Waals surface area contributed by atoms with Gasteiger partial charge in [0.15, 0.2) is 5.96 Å². The summed E-state index contributed by atoms with van der Waals surface area (Å²) in [5.74, 6) is 1.81. The number of nitrogens with one attached hydrogen (secondary N) is 2. The van der Waals surface area contributed by atoms with Crippen LogP contribution in [0.4, 0.5) is 0 Å². The number of hydrogen-bond donors (Lipinski definition) is 2. The molecule has 6 heteroatoms. The molecule has 0 aliphatic heterocycles. The van der Waals surface area contributed by atoms with Gasteiger partial charge in [-0.05, 0) is 45.4 Å². The van der Waals surface area contributed by atoms with E-state index in [-0.39, 0.29) is 29.5 Å². The number of rotatable bonds is 7. The van der Waals surface area contributed by atoms with Crippen molar-refractivity contribution in [3.05, 3.63) is 29.8 Å². The topological polar surface area (TPSA) is 48.9 Å². The van der Waals surface area contributed by atoms with Gasteiger partial charge in [-0.25, -0.2) is 0 Å². The Labute approximate surface area is 164 Å². The summed E-state index contributed by atoms with van der Waals surface area (Å²) in [7, 11) is 3.86. The molecular weight excluding hydrogens is 415 g/mol. The fourth-order valence-corrected chi connectivity index (χ4v) is 2.20. The molecule has 0 aromatic heterocycles. The Bertz CT molecular complexity index is 483. The quantitative estimate of drug-likeness (QED) is 0.291. The number of guanidine groups is 1. The van der Waals surface area contributed by atoms with E-state index < -0.39 is 0 Å². The van der Waals surface area contributed by atoms with E-state index in [1.165, 1.54) is 5.56 Å². The summed E-state index contributed by atoms with van der Waals surface area (Å²) in [6, 6.07) is 8.21. The fourth-order valence-electron chi connectivity index (χ4n) is 2.20. The van der Waals surface area contributed by atoms with E-state index in [1.54, 1.807) is 0 Å². The summed E-state index contributed by atoms with van der Waals surface area (Å²) in [4.78, 5) is 6.46. The summed E-state index contributed by atoms with van der Waals surface area (Å²) in [5.41, 5.74) is 1.37. The van der Waals surface area contributed by atoms with Crippen LogP contribution < -0.4 is 15.4 Å². The van der Waals surface area contributed by atoms with Crippen LogP contribution in [-0.2, 0) is 6.54 Å². The van der Waals surface area contributed by atoms with E-state index in [9.17, 15) is 0 Å². The number of aliphatic imine (C=N–C) groups is 1. The van der Waals surface area contributed by atoms with Crippen LogP contribution in [0.25, 0.3) is 0 Å². The van der Waals surface area contributed by atoms with Gasteiger partial charge in [-0.2, -0.15) is 0 Å². The number of hydrogen-bond acceptors (Lipinski definition) is 3. The van der Waals surface area contributed by atoms with Crippen LogP contribution in [0.2, 0.25) is 0 Å². The molecule has 0 saturated heterocycles. The van der Waals surface area contributed by atoms with Crippen molar-refractivity contribution >= 4 is 29.9 Å². The minimum atomic E-state index is 0. The van der Waals surface area contributed by atoms with Crippen molar-refractivity contribution < 1.29 is 4.74 Å². The third kappa shape index (κ3) is 9.32. The second kappa shape index (κ2) is 11.5. The lowest BCUT2D eigenvalue weighted by Gasteiger charge is -2.24. The van der Waals surface area contributed by atoms with Crippen molar-refractivity contribution in [1.82, 2.24) is 15.5 Å². The summed E-state index contributed by atoms with van der Waals surface area (Å²) >= 11 is 0. The molecule has 0 atom stereocenters. The monoisotopic (exact) mass is 448 g/mol. The Kier molecular flexibility index (Phi) is 11.0. The van der Waals surface area contributed by atoms with E-state index in [0.29, 0.717) is 6.61 Å². The molecule has 0 saturated carbocycles. The smallest absolute Gasteiger partial charge is 0.193 e. The van der Waals surface area contributed by atoms with Crippen LogP contribution in [0.3, 0.4) is 0 Å². The zero-order chi connectivity index (χ0) is 17.3. The van der Waals surface area contributed by atoms with Gasteiger partial charge in [-0.3, -0.25) is 4.99 Å². The molecule has 0 spiro atoms. The molecule has 1 rings (SSSR count). The molecule has 0 unspecified atom stereocenters. The molecule has 2 N–H and O–H groups in total. The van der Waals surface area contributed by atoms with Crippen LogP contribution in [0.5, 0.6) is 5.75 Å². The largest absolute Gasteiger partial charge is 0.494 e. The van der Waals surface area contributed by atoms with Gasteiger partial charge in [0.1, 0.15) is 5.75 Å². The lowest BCUT2D eigenvalue weighted by molar-refractivity contribution is 0.340. The molecule has 0 fully saturated rings. The Morgan fingerprint density at radius 2 is 1.79 bits per heavy atom. The molecule has 24 heavy (non-hydrogen) atoms. The predicted molar refractivity (Wildman–Crippen MR) is 114 cm³/mol. The number of ether oxygens (including phenoxy) is 1. The number of halogens is 1. The van der Waals surface area contributed by atoms with Crippen molar-refractivity contribution in [2.24, 2.45) is 4.99 Å². The molecule has 0 bridgehead atoms. The zero-order valence-electron chi connectivity index (χ0n) is 15.8. The minimum Gasteiger partial charge on any atom is -0.494 e. The highest BCUT2D eigenvalue weighted by Gasteiger charge is 2.09. The molecule has 0 radical (unpaired) electrons. The first kappa shape index (κ1) is 23.0. The Morgan fingerprint density at radius 1 is 1.17 bits per heavy atom. The molecule has 0 amide bonds. The van der Waals surface area contributed by atoms with Gasteiger partial charge in [0.2, 0.25) is 0 Å². The van der Waals surface area contributed by atoms with Gasteiger partial charge < -0.3 is 20.3 Å². The average molecular weight is 448 g/mol. The predicted octanol–water partition coefficient (Wildman–Crippen LogP) is 3.10. The maximum Gasteiger partial charge on any atom is 0.193 e. The molecule has 0 aliphatic carbocycles. The fraction of sp³-hybridized carbons (Fsp3) is 0.611. The highest BCUT2D eigenvalue weighted by atomic mass is 127. The number of nitrogens with zero attached hydrogens (tertiary/aromatic N) is 2. The van der Waals surface area contributed by atoms with Crippen LogP contribution in [0, 0.1) is 0 Å². The van der Waals surface area contributed by atoms with Crippen molar-refractivity contribution in [2.45, 2.75) is 39.8 Å². The zero-order valence-corrected chi connectivity index (χ0v) is 18.2. The number of benzene rings is 1. The van der Waals surface area contributed by atoms with Gasteiger partial charge in [0.05, 0.1) is 6.61 Å². The summed E-state index contributed by atoms with van der Waals surface area (Å²) in [6.07, 6.45) is 0. The molecule has 138 valence electrons. The van der Waals surface area contributed by atoms with Gasteiger partial charge in [-0.15, -0.1) is 24.0 Å². The minimum absolute atomic E-state index is 0. The summed E-state index contributed by atoms with van der Waals surface area (Å²) in [5, 5.41) is 6.84. The van der Waals surface area contributed by atoms with Gasteiger partial charge >= 0.3 is 0 Å². The van der Waals surface area contributed by atoms with Crippen LogP contribution in [-0.4, -0.2) is 50.2 Å². The van der Waals surface area contributed by atoms with E-state index in [2.05, 4.69) is 53.4 Å². The lowest BCUT2D eigenvalue weighted by Crippen LogP contribution is -2.44. The SMILES string of the molecule is CCOc1ccc(CN(C)C(=NC)NCCNC(C)(C)C)cc1.I. The van der Waals surface area contributed by atoms with Gasteiger partial charge in [0.25, 0.3) is 0 Å². The molecule has 5 nitrogen and oxygen atoms in total. The molecular formula is C18H33IN4O. The van der Waals surface area contributed by atoms with Crippen molar-refractivity contribution in [2.75, 3.05) is 33.8 Å². The van der Waals surface area contributed by atoms with Gasteiger partial charge in [-0.1, -0.05) is 12.1 Å². The van der Waals surface area contributed by atoms with Crippen LogP contribution in [0.15, 0.2) is 29.3 Å². The van der Waals surface area contributed by atoms with Crippen molar-refractivity contribution in [3.63, 3.8) is 0 Å². The Morgan fingerprint density at radius 3 is 2.29 bits per heavy atom. The van der Waals surface area contributed by atoms with Crippen molar-refractivity contribution in [1.29, 1.82) is 0 Å². The lowest BCUT2D eigenvalue weighted by atomic mass is 10.1. The second-order valence-corrected chi connectivity index (χ2v) is 6.58. The van der Waals surface area contributed by atoms with E-state index in [0.717, 1.165) is 31.3 Å². The van der Waals surface area contributed by atoms with Crippen molar-refractivity contribution in [3.8, 4) is 5.75 Å². The summed E-state index contributed by atoms with van der Waals surface area (Å²) in [6.45, 7) is 11.7. The molecule has 1 aromatic carbocycles. The average Bonchev–Trinajstić information content (AvgIpc) is 2.48. The highest BCUT2D eigenvalue weighted by molar-refractivity contribution is 14.0. The first-order chi connectivity index (χ1) is 10.9. The first-order valence-electron chi connectivity index (χ1n) is 8.24. The Hall–Kier alpha value is -1.02. The molecule has 1 aromatic rings. The maximum absolute atomic E-state index is 5.47. The normalized spacial score (nSPS) is 11.7. The van der Waals surface area contributed by atoms with E-state index in [1.807, 2.05) is 33.2 Å². The third-order valence-corrected chi connectivity index (χ3v) is 3.29. The summed E-state index contributed by atoms with van der Waals surface area (Å²) < 4.78 is 5.47. The van der Waals surface area contributed by atoms with E-state index >= 15 is 0 Å². The molecule has 0 heterocycles. The second-order valence-electron chi connectivity index (χ2n) is 6.58. The maximum atomic E-state index is 5.47. The van der Waals surface area contributed by atoms with E-state index in [4.69, 9.17) is 4.74 Å². The highest BCUT2D eigenvalue weighted by Crippen LogP contribution is 2.13. The van der Waals surface area contributed by atoms with Gasteiger partial charge in [0, 0.05) is 39.3 Å². The van der Waals surface area contributed by atoms with Crippen LogP contribution in [0.1, 0.15) is 33.3 Å². The third-order valence-electron chi connectivity index (χ3n) is 3.29. The standard InChI is InChI=1S/C18H32N4O.HI/c1-7-23-16-10-8-15(9-11-16)14-22(6)17(19-5)20-12-13-21-18(2,3)4;/h8-11,21H,7,12-14H2,1-6H3,(H,19,20);1H. The Balaban J connectivity index is 0.00000529. The first-order valence-corrected chi connectivity index (χ1v) is 8.24. The van der Waals surface area contributed by atoms with Crippen LogP contribution >= 0.6 is 24.0 Å².